The van der Waals surface area contributed by atoms with Gasteiger partial charge < -0.3 is 9.80 Å². The number of para-hydroxylation sites is 1. The minimum absolute atomic E-state index is 1.08. The van der Waals surface area contributed by atoms with Crippen molar-refractivity contribution in [1.82, 2.24) is 0 Å². The van der Waals surface area contributed by atoms with E-state index in [-0.39, 0.29) is 0 Å². The van der Waals surface area contributed by atoms with Gasteiger partial charge in [-0.15, -0.1) is 22.7 Å². The van der Waals surface area contributed by atoms with Crippen molar-refractivity contribution in [3.63, 3.8) is 0 Å². The summed E-state index contributed by atoms with van der Waals surface area (Å²) >= 11 is 3.74. The molecule has 4 heteroatoms. The van der Waals surface area contributed by atoms with E-state index in [2.05, 4.69) is 277 Å². The molecule has 0 radical (unpaired) electrons. The average Bonchev–Trinajstić information content (AvgIpc) is 4.02. The first-order valence-corrected chi connectivity index (χ1v) is 26.1. The van der Waals surface area contributed by atoms with E-state index in [4.69, 9.17) is 0 Å². The summed E-state index contributed by atoms with van der Waals surface area (Å²) in [4.78, 5) is 4.87. The van der Waals surface area contributed by atoms with Crippen LogP contribution in [-0.4, -0.2) is 0 Å². The molecule has 2 nitrogen and oxygen atoms in total. The van der Waals surface area contributed by atoms with E-state index in [1.165, 1.54) is 84.1 Å². The number of thiophene rings is 2. The second kappa shape index (κ2) is 17.6. The highest BCUT2D eigenvalue weighted by molar-refractivity contribution is 7.27. The maximum absolute atomic E-state index is 2.44. The van der Waals surface area contributed by atoms with Gasteiger partial charge in [-0.05, 0) is 128 Å². The molecule has 0 amide bonds. The molecular formula is C68H44N2S2. The highest BCUT2D eigenvalue weighted by atomic mass is 32.1. The van der Waals surface area contributed by atoms with Crippen LogP contribution in [-0.2, 0) is 0 Å². The van der Waals surface area contributed by atoms with Crippen molar-refractivity contribution in [1.29, 1.82) is 0 Å². The number of nitrogens with zero attached hydrogens (tertiary/aromatic N) is 2. The number of rotatable bonds is 9. The normalized spacial score (nSPS) is 11.6. The van der Waals surface area contributed by atoms with Gasteiger partial charge in [-0.25, -0.2) is 0 Å². The SMILES string of the molecule is c1ccc(-c2ccc(N(c3ccc4c(c3)sc3c5ccccc5ccc43)c3ccccc3-c3cccc(N(c4cccc(-c5ccc6ccccc6c5)c4)c4ccc5c(c4)sc4ccccc45)c3)cc2)cc1. The Morgan fingerprint density at radius 3 is 1.57 bits per heavy atom. The molecule has 0 aliphatic carbocycles. The van der Waals surface area contributed by atoms with Gasteiger partial charge in [-0.1, -0.05) is 188 Å². The quantitative estimate of drug-likeness (QED) is 0.142. The van der Waals surface area contributed by atoms with Gasteiger partial charge in [0.1, 0.15) is 0 Å². The lowest BCUT2D eigenvalue weighted by Crippen LogP contribution is -2.12. The Hall–Kier alpha value is -8.80. The number of benzene rings is 12. The Morgan fingerprint density at radius 1 is 0.236 bits per heavy atom. The summed E-state index contributed by atoms with van der Waals surface area (Å²) in [6, 6.07) is 98.1. The maximum Gasteiger partial charge on any atom is 0.0540 e. The lowest BCUT2D eigenvalue weighted by Gasteiger charge is -2.29. The molecule has 14 aromatic rings. The second-order valence-electron chi connectivity index (χ2n) is 18.5. The smallest absolute Gasteiger partial charge is 0.0540 e. The number of hydrogen-bond acceptors (Lipinski definition) is 4. The average molecular weight is 953 g/mol. The van der Waals surface area contributed by atoms with E-state index in [0.717, 1.165) is 45.3 Å². The minimum Gasteiger partial charge on any atom is -0.310 e. The molecule has 2 aromatic heterocycles. The summed E-state index contributed by atoms with van der Waals surface area (Å²) in [5.74, 6) is 0. The van der Waals surface area contributed by atoms with E-state index in [1.807, 2.05) is 22.7 Å². The molecule has 0 saturated heterocycles. The van der Waals surface area contributed by atoms with Crippen molar-refractivity contribution in [2.75, 3.05) is 9.80 Å². The van der Waals surface area contributed by atoms with Gasteiger partial charge in [0.2, 0.25) is 0 Å². The summed E-state index contributed by atoms with van der Waals surface area (Å²) in [7, 11) is 0. The van der Waals surface area contributed by atoms with Crippen LogP contribution in [0.4, 0.5) is 34.1 Å². The standard InChI is InChI=1S/C68H44N2S2/c1-2-14-45(15-3-1)47-30-33-53(34-31-47)70(57-36-39-62-63-37-32-48-17-6-7-24-59(48)68(63)72-67(62)44-57)64-26-10-8-23-58(64)52-20-13-22-55(42-52)69(56-35-38-61-60-25-9-11-27-65(60)71-66(61)43-56)54-21-12-19-50(41-54)51-29-28-46-16-4-5-18-49(46)40-51/h1-44H. The van der Waals surface area contributed by atoms with Crippen LogP contribution in [0.3, 0.4) is 0 Å². The van der Waals surface area contributed by atoms with Crippen LogP contribution in [0.1, 0.15) is 0 Å². The molecule has 0 aliphatic rings. The minimum atomic E-state index is 1.08. The molecule has 0 spiro atoms. The Labute approximate surface area is 426 Å². The summed E-state index contributed by atoms with van der Waals surface area (Å²) in [5, 5.41) is 10.2. The summed E-state index contributed by atoms with van der Waals surface area (Å²) in [6.07, 6.45) is 0. The lowest BCUT2D eigenvalue weighted by molar-refractivity contribution is 1.28. The Morgan fingerprint density at radius 2 is 0.750 bits per heavy atom. The van der Waals surface area contributed by atoms with Crippen LogP contribution in [0, 0.1) is 0 Å². The van der Waals surface area contributed by atoms with Gasteiger partial charge in [-0.3, -0.25) is 0 Å². The summed E-state index contributed by atoms with van der Waals surface area (Å²) < 4.78 is 5.16. The van der Waals surface area contributed by atoms with E-state index in [0.29, 0.717) is 0 Å². The third kappa shape index (κ3) is 7.39. The maximum atomic E-state index is 2.44. The van der Waals surface area contributed by atoms with Crippen LogP contribution in [0.5, 0.6) is 0 Å². The van der Waals surface area contributed by atoms with Crippen molar-refractivity contribution >= 4 is 119 Å². The van der Waals surface area contributed by atoms with Gasteiger partial charge in [0.05, 0.1) is 5.69 Å². The molecule has 12 aromatic carbocycles. The number of hydrogen-bond donors (Lipinski definition) is 0. The molecule has 0 aliphatic heterocycles. The van der Waals surface area contributed by atoms with Crippen LogP contribution in [0.15, 0.2) is 267 Å². The molecule has 0 N–H and O–H groups in total. The highest BCUT2D eigenvalue weighted by Gasteiger charge is 2.22. The molecule has 338 valence electrons. The highest BCUT2D eigenvalue weighted by Crippen LogP contribution is 2.47. The fourth-order valence-electron chi connectivity index (χ4n) is 10.7. The molecule has 0 saturated carbocycles. The topological polar surface area (TPSA) is 6.48 Å². The zero-order chi connectivity index (χ0) is 47.5. The van der Waals surface area contributed by atoms with Crippen molar-refractivity contribution in [2.24, 2.45) is 0 Å². The number of fused-ring (bicyclic) bond motifs is 9. The first-order valence-electron chi connectivity index (χ1n) is 24.5. The van der Waals surface area contributed by atoms with Crippen LogP contribution >= 0.6 is 22.7 Å². The third-order valence-electron chi connectivity index (χ3n) is 14.2. The van der Waals surface area contributed by atoms with Gasteiger partial charge in [0.25, 0.3) is 0 Å². The van der Waals surface area contributed by atoms with Crippen molar-refractivity contribution in [3.8, 4) is 33.4 Å². The molecule has 2 heterocycles. The van der Waals surface area contributed by atoms with E-state index >= 15 is 0 Å². The van der Waals surface area contributed by atoms with Gasteiger partial charge in [0.15, 0.2) is 0 Å². The van der Waals surface area contributed by atoms with E-state index in [9.17, 15) is 0 Å². The predicted molar refractivity (Wildman–Crippen MR) is 313 cm³/mol. The number of anilines is 6. The molecule has 0 bridgehead atoms. The van der Waals surface area contributed by atoms with Gasteiger partial charge in [-0.2, -0.15) is 0 Å². The Bertz CT molecular complexity index is 4360. The third-order valence-corrected chi connectivity index (χ3v) is 16.5. The van der Waals surface area contributed by atoms with Gasteiger partial charge in [0, 0.05) is 74.3 Å². The lowest BCUT2D eigenvalue weighted by atomic mass is 9.99. The van der Waals surface area contributed by atoms with Crippen molar-refractivity contribution in [2.45, 2.75) is 0 Å². The van der Waals surface area contributed by atoms with Crippen LogP contribution < -0.4 is 9.80 Å². The zero-order valence-corrected chi connectivity index (χ0v) is 40.7. The molecule has 14 rings (SSSR count). The van der Waals surface area contributed by atoms with Crippen molar-refractivity contribution < 1.29 is 0 Å². The zero-order valence-electron chi connectivity index (χ0n) is 39.1. The molecule has 0 unspecified atom stereocenters. The summed E-state index contributed by atoms with van der Waals surface area (Å²) in [6.45, 7) is 0. The molecule has 0 atom stereocenters. The van der Waals surface area contributed by atoms with E-state index < -0.39 is 0 Å². The van der Waals surface area contributed by atoms with Crippen molar-refractivity contribution in [3.05, 3.63) is 267 Å². The largest absolute Gasteiger partial charge is 0.310 e. The molecular weight excluding hydrogens is 909 g/mol. The first kappa shape index (κ1) is 42.1. The second-order valence-corrected chi connectivity index (χ2v) is 20.6. The fraction of sp³-hybridized carbons (Fsp3) is 0. The van der Waals surface area contributed by atoms with Crippen LogP contribution in [0.25, 0.3) is 95.3 Å². The van der Waals surface area contributed by atoms with Crippen LogP contribution in [0.2, 0.25) is 0 Å². The first-order chi connectivity index (χ1) is 35.7. The van der Waals surface area contributed by atoms with E-state index in [1.54, 1.807) is 0 Å². The predicted octanol–water partition coefficient (Wildman–Crippen LogP) is 20.7. The molecule has 0 fully saturated rings. The van der Waals surface area contributed by atoms with Gasteiger partial charge >= 0.3 is 0 Å². The summed E-state index contributed by atoms with van der Waals surface area (Å²) in [5.41, 5.74) is 13.6. The monoisotopic (exact) mass is 952 g/mol. The Kier molecular flexibility index (Phi) is 10.3. The fourth-order valence-corrected chi connectivity index (χ4v) is 13.1. The Balaban J connectivity index is 0.927. The molecule has 72 heavy (non-hydrogen) atoms.